The molecular formula is C17H25FN2O. The van der Waals surface area contributed by atoms with Crippen molar-refractivity contribution in [2.24, 2.45) is 5.73 Å². The van der Waals surface area contributed by atoms with Gasteiger partial charge in [0.2, 0.25) is 0 Å². The topological polar surface area (TPSA) is 38.5 Å². The van der Waals surface area contributed by atoms with Gasteiger partial charge in [0.15, 0.2) is 0 Å². The molecule has 0 aromatic heterocycles. The summed E-state index contributed by atoms with van der Waals surface area (Å²) in [5.41, 5.74) is 7.44. The van der Waals surface area contributed by atoms with Gasteiger partial charge in [-0.2, -0.15) is 0 Å². The van der Waals surface area contributed by atoms with E-state index in [0.29, 0.717) is 12.1 Å². The summed E-state index contributed by atoms with van der Waals surface area (Å²) in [7, 11) is 0. The largest absolute Gasteiger partial charge is 0.375 e. The van der Waals surface area contributed by atoms with E-state index in [2.05, 4.69) is 11.8 Å². The lowest BCUT2D eigenvalue weighted by atomic mass is 9.88. The van der Waals surface area contributed by atoms with Crippen LogP contribution in [-0.2, 0) is 4.74 Å². The number of nitrogens with zero attached hydrogens (tertiary/aromatic N) is 1. The first-order valence-corrected chi connectivity index (χ1v) is 8.05. The number of benzene rings is 1. The fourth-order valence-corrected chi connectivity index (χ4v) is 3.80. The van der Waals surface area contributed by atoms with Crippen molar-refractivity contribution in [2.45, 2.75) is 56.8 Å². The molecule has 0 amide bonds. The van der Waals surface area contributed by atoms with Gasteiger partial charge in [0.1, 0.15) is 5.82 Å². The zero-order valence-electron chi connectivity index (χ0n) is 12.7. The van der Waals surface area contributed by atoms with Crippen molar-refractivity contribution in [3.8, 4) is 0 Å². The minimum absolute atomic E-state index is 0.0914. The second-order valence-corrected chi connectivity index (χ2v) is 6.32. The average molecular weight is 292 g/mol. The van der Waals surface area contributed by atoms with Crippen molar-refractivity contribution in [3.05, 3.63) is 35.6 Å². The first-order chi connectivity index (χ1) is 10.2. The second kappa shape index (κ2) is 6.42. The predicted octanol–water partition coefficient (Wildman–Crippen LogP) is 2.86. The lowest BCUT2D eigenvalue weighted by Gasteiger charge is -2.47. The Balaban J connectivity index is 1.73. The van der Waals surface area contributed by atoms with Gasteiger partial charge in [-0.25, -0.2) is 4.39 Å². The van der Waals surface area contributed by atoms with Gasteiger partial charge in [0.25, 0.3) is 0 Å². The second-order valence-electron chi connectivity index (χ2n) is 6.32. The highest BCUT2D eigenvalue weighted by atomic mass is 19.1. The minimum atomic E-state index is -0.211. The average Bonchev–Trinajstić information content (AvgIpc) is 2.53. The van der Waals surface area contributed by atoms with Gasteiger partial charge in [-0.3, -0.25) is 4.90 Å². The number of ether oxygens (including phenoxy) is 1. The molecule has 0 radical (unpaired) electrons. The Morgan fingerprint density at radius 1 is 1.24 bits per heavy atom. The molecule has 1 aliphatic carbocycles. The maximum Gasteiger partial charge on any atom is 0.123 e. The Morgan fingerprint density at radius 3 is 2.71 bits per heavy atom. The smallest absolute Gasteiger partial charge is 0.123 e. The summed E-state index contributed by atoms with van der Waals surface area (Å²) < 4.78 is 19.0. The van der Waals surface area contributed by atoms with Crippen LogP contribution < -0.4 is 5.73 Å². The highest BCUT2D eigenvalue weighted by Crippen LogP contribution is 2.32. The summed E-state index contributed by atoms with van der Waals surface area (Å²) in [5, 5.41) is 0. The SMILES string of the molecule is CC(C(N)c1ccc(F)cc1)N1CCOC2CCCCC21. The molecule has 116 valence electrons. The van der Waals surface area contributed by atoms with E-state index < -0.39 is 0 Å². The van der Waals surface area contributed by atoms with E-state index in [9.17, 15) is 4.39 Å². The van der Waals surface area contributed by atoms with Crippen molar-refractivity contribution in [1.29, 1.82) is 0 Å². The van der Waals surface area contributed by atoms with Gasteiger partial charge in [-0.15, -0.1) is 0 Å². The van der Waals surface area contributed by atoms with Crippen molar-refractivity contribution in [1.82, 2.24) is 4.90 Å². The zero-order valence-corrected chi connectivity index (χ0v) is 12.7. The van der Waals surface area contributed by atoms with Crippen molar-refractivity contribution < 1.29 is 9.13 Å². The van der Waals surface area contributed by atoms with Crippen molar-refractivity contribution in [3.63, 3.8) is 0 Å². The molecule has 3 rings (SSSR count). The fraction of sp³-hybridized carbons (Fsp3) is 0.647. The maximum atomic E-state index is 13.1. The Hall–Kier alpha value is -0.970. The maximum absolute atomic E-state index is 13.1. The van der Waals surface area contributed by atoms with E-state index in [0.717, 1.165) is 18.7 Å². The molecule has 2 N–H and O–H groups in total. The van der Waals surface area contributed by atoms with Crippen LogP contribution >= 0.6 is 0 Å². The molecule has 1 saturated heterocycles. The molecule has 1 aromatic carbocycles. The Bertz CT molecular complexity index is 462. The van der Waals surface area contributed by atoms with Gasteiger partial charge in [-0.1, -0.05) is 25.0 Å². The van der Waals surface area contributed by atoms with E-state index >= 15 is 0 Å². The highest BCUT2D eigenvalue weighted by molar-refractivity contribution is 5.21. The van der Waals surface area contributed by atoms with Crippen LogP contribution in [0, 0.1) is 5.82 Å². The van der Waals surface area contributed by atoms with Gasteiger partial charge in [0, 0.05) is 24.7 Å². The molecule has 4 unspecified atom stereocenters. The van der Waals surface area contributed by atoms with Crippen molar-refractivity contribution in [2.75, 3.05) is 13.2 Å². The van der Waals surface area contributed by atoms with Gasteiger partial charge < -0.3 is 10.5 Å². The van der Waals surface area contributed by atoms with Crippen LogP contribution in [0.5, 0.6) is 0 Å². The number of morpholine rings is 1. The molecule has 1 heterocycles. The highest BCUT2D eigenvalue weighted by Gasteiger charge is 2.37. The lowest BCUT2D eigenvalue weighted by Crippen LogP contribution is -2.57. The van der Waals surface area contributed by atoms with E-state index in [1.165, 1.54) is 37.8 Å². The van der Waals surface area contributed by atoms with Crippen LogP contribution in [0.1, 0.15) is 44.2 Å². The quantitative estimate of drug-likeness (QED) is 0.931. The summed E-state index contributed by atoms with van der Waals surface area (Å²) >= 11 is 0. The Labute approximate surface area is 126 Å². The van der Waals surface area contributed by atoms with Crippen LogP contribution in [0.2, 0.25) is 0 Å². The molecule has 3 nitrogen and oxygen atoms in total. The van der Waals surface area contributed by atoms with Gasteiger partial charge in [0.05, 0.1) is 12.7 Å². The normalized spacial score (nSPS) is 29.7. The third-order valence-corrected chi connectivity index (χ3v) is 5.07. The molecule has 4 atom stereocenters. The molecule has 0 spiro atoms. The first kappa shape index (κ1) is 14.9. The first-order valence-electron chi connectivity index (χ1n) is 8.05. The monoisotopic (exact) mass is 292 g/mol. The number of nitrogens with two attached hydrogens (primary N) is 1. The summed E-state index contributed by atoms with van der Waals surface area (Å²) in [5.74, 6) is -0.211. The molecular weight excluding hydrogens is 267 g/mol. The van der Waals surface area contributed by atoms with Crippen LogP contribution in [-0.4, -0.2) is 36.2 Å². The van der Waals surface area contributed by atoms with E-state index in [1.807, 2.05) is 0 Å². The summed E-state index contributed by atoms with van der Waals surface area (Å²) in [4.78, 5) is 2.52. The van der Waals surface area contributed by atoms with Crippen molar-refractivity contribution >= 4 is 0 Å². The molecule has 2 aliphatic rings. The Kier molecular flexibility index (Phi) is 4.57. The summed E-state index contributed by atoms with van der Waals surface area (Å²) in [6.45, 7) is 3.92. The fourth-order valence-electron chi connectivity index (χ4n) is 3.80. The zero-order chi connectivity index (χ0) is 14.8. The van der Waals surface area contributed by atoms with Crippen LogP contribution in [0.3, 0.4) is 0 Å². The molecule has 1 aromatic rings. The number of hydrogen-bond acceptors (Lipinski definition) is 3. The minimum Gasteiger partial charge on any atom is -0.375 e. The van der Waals surface area contributed by atoms with Gasteiger partial charge in [-0.05, 0) is 37.5 Å². The summed E-state index contributed by atoms with van der Waals surface area (Å²) in [6.07, 6.45) is 5.29. The number of hydrogen-bond donors (Lipinski definition) is 1. The van der Waals surface area contributed by atoms with Crippen LogP contribution in [0.4, 0.5) is 4.39 Å². The third kappa shape index (κ3) is 3.12. The third-order valence-electron chi connectivity index (χ3n) is 5.07. The molecule has 21 heavy (non-hydrogen) atoms. The molecule has 2 fully saturated rings. The predicted molar refractivity (Wildman–Crippen MR) is 81.5 cm³/mol. The number of fused-ring (bicyclic) bond motifs is 1. The van der Waals surface area contributed by atoms with Crippen LogP contribution in [0.15, 0.2) is 24.3 Å². The van der Waals surface area contributed by atoms with E-state index in [4.69, 9.17) is 10.5 Å². The standard InChI is InChI=1S/C17H25FN2O/c1-12(17(19)13-6-8-14(18)9-7-13)20-10-11-21-16-5-3-2-4-15(16)20/h6-9,12,15-17H,2-5,10-11,19H2,1H3. The number of halogens is 1. The summed E-state index contributed by atoms with van der Waals surface area (Å²) in [6, 6.07) is 7.23. The molecule has 0 bridgehead atoms. The number of rotatable bonds is 3. The molecule has 4 heteroatoms. The van der Waals surface area contributed by atoms with E-state index in [1.54, 1.807) is 12.1 Å². The van der Waals surface area contributed by atoms with Gasteiger partial charge >= 0.3 is 0 Å². The Morgan fingerprint density at radius 2 is 1.95 bits per heavy atom. The van der Waals surface area contributed by atoms with E-state index in [-0.39, 0.29) is 17.9 Å². The lowest BCUT2D eigenvalue weighted by molar-refractivity contribution is -0.103. The van der Waals surface area contributed by atoms with Crippen LogP contribution in [0.25, 0.3) is 0 Å². The molecule has 1 aliphatic heterocycles. The molecule has 1 saturated carbocycles.